The standard InChI is InChI=1S/C15H20N2/c1-12-6-8-17(9-7-12)15(11-16)14-5-3-4-13(2)10-14/h3-5,10,12,15H,6-9H2,1-2H3. The van der Waals surface area contributed by atoms with E-state index in [1.807, 2.05) is 6.07 Å². The molecule has 0 aliphatic carbocycles. The molecular weight excluding hydrogens is 208 g/mol. The van der Waals surface area contributed by atoms with Crippen LogP contribution in [0, 0.1) is 24.2 Å². The highest BCUT2D eigenvalue weighted by Crippen LogP contribution is 2.26. The van der Waals surface area contributed by atoms with Crippen LogP contribution in [0.5, 0.6) is 0 Å². The minimum absolute atomic E-state index is 0.0672. The number of piperidine rings is 1. The van der Waals surface area contributed by atoms with E-state index in [-0.39, 0.29) is 6.04 Å². The van der Waals surface area contributed by atoms with E-state index < -0.39 is 0 Å². The van der Waals surface area contributed by atoms with Crippen LogP contribution in [0.2, 0.25) is 0 Å². The number of aryl methyl sites for hydroxylation is 1. The van der Waals surface area contributed by atoms with Crippen molar-refractivity contribution >= 4 is 0 Å². The Hall–Kier alpha value is -1.33. The zero-order valence-electron chi connectivity index (χ0n) is 10.7. The Morgan fingerprint density at radius 2 is 2.06 bits per heavy atom. The summed E-state index contributed by atoms with van der Waals surface area (Å²) >= 11 is 0. The predicted molar refractivity (Wildman–Crippen MR) is 69.5 cm³/mol. The molecule has 0 aromatic heterocycles. The number of hydrogen-bond acceptors (Lipinski definition) is 2. The van der Waals surface area contributed by atoms with Gasteiger partial charge in [0.25, 0.3) is 0 Å². The molecule has 0 spiro atoms. The van der Waals surface area contributed by atoms with Gasteiger partial charge in [0.15, 0.2) is 0 Å². The molecule has 1 aliphatic rings. The lowest BCUT2D eigenvalue weighted by Gasteiger charge is -2.33. The fourth-order valence-corrected chi connectivity index (χ4v) is 2.49. The summed E-state index contributed by atoms with van der Waals surface area (Å²) in [7, 11) is 0. The summed E-state index contributed by atoms with van der Waals surface area (Å²) in [5.74, 6) is 0.808. The maximum Gasteiger partial charge on any atom is 0.123 e. The summed E-state index contributed by atoms with van der Waals surface area (Å²) in [6.07, 6.45) is 2.42. The molecule has 90 valence electrons. The normalized spacial score (nSPS) is 19.8. The third kappa shape index (κ3) is 2.87. The second-order valence-corrected chi connectivity index (χ2v) is 5.16. The molecule has 1 aromatic rings. The minimum atomic E-state index is -0.0672. The Morgan fingerprint density at radius 1 is 1.35 bits per heavy atom. The average Bonchev–Trinajstić information content (AvgIpc) is 2.33. The average molecular weight is 228 g/mol. The summed E-state index contributed by atoms with van der Waals surface area (Å²) in [6, 6.07) is 10.7. The monoisotopic (exact) mass is 228 g/mol. The molecule has 1 unspecified atom stereocenters. The van der Waals surface area contributed by atoms with E-state index in [4.69, 9.17) is 0 Å². The van der Waals surface area contributed by atoms with Gasteiger partial charge in [0.1, 0.15) is 6.04 Å². The minimum Gasteiger partial charge on any atom is -0.284 e. The highest BCUT2D eigenvalue weighted by Gasteiger charge is 2.24. The van der Waals surface area contributed by atoms with Gasteiger partial charge in [-0.05, 0) is 44.3 Å². The van der Waals surface area contributed by atoms with Gasteiger partial charge in [-0.25, -0.2) is 0 Å². The molecule has 1 aromatic carbocycles. The molecule has 0 bridgehead atoms. The lowest BCUT2D eigenvalue weighted by molar-refractivity contribution is 0.165. The summed E-state index contributed by atoms with van der Waals surface area (Å²) in [5, 5.41) is 9.40. The Bertz CT molecular complexity index is 411. The summed E-state index contributed by atoms with van der Waals surface area (Å²) in [4.78, 5) is 2.31. The molecule has 0 saturated carbocycles. The highest BCUT2D eigenvalue weighted by atomic mass is 15.2. The van der Waals surface area contributed by atoms with E-state index in [0.29, 0.717) is 0 Å². The van der Waals surface area contributed by atoms with Gasteiger partial charge in [-0.2, -0.15) is 5.26 Å². The molecule has 2 rings (SSSR count). The third-order valence-corrected chi connectivity index (χ3v) is 3.66. The van der Waals surface area contributed by atoms with Gasteiger partial charge in [-0.3, -0.25) is 4.90 Å². The van der Waals surface area contributed by atoms with Gasteiger partial charge in [0.2, 0.25) is 0 Å². The fourth-order valence-electron chi connectivity index (χ4n) is 2.49. The molecule has 1 saturated heterocycles. The van der Waals surface area contributed by atoms with Crippen LogP contribution in [0.1, 0.15) is 36.9 Å². The highest BCUT2D eigenvalue weighted by molar-refractivity contribution is 5.28. The van der Waals surface area contributed by atoms with Gasteiger partial charge in [-0.1, -0.05) is 36.8 Å². The molecule has 17 heavy (non-hydrogen) atoms. The zero-order chi connectivity index (χ0) is 12.3. The van der Waals surface area contributed by atoms with Crippen molar-refractivity contribution in [3.63, 3.8) is 0 Å². The molecule has 0 radical (unpaired) electrons. The first-order valence-corrected chi connectivity index (χ1v) is 6.41. The lowest BCUT2D eigenvalue weighted by Crippen LogP contribution is -2.35. The van der Waals surface area contributed by atoms with Crippen LogP contribution in [0.25, 0.3) is 0 Å². The molecule has 1 fully saturated rings. The van der Waals surface area contributed by atoms with Crippen molar-refractivity contribution in [2.24, 2.45) is 5.92 Å². The fraction of sp³-hybridized carbons (Fsp3) is 0.533. The number of hydrogen-bond donors (Lipinski definition) is 0. The quantitative estimate of drug-likeness (QED) is 0.776. The number of rotatable bonds is 2. The Labute approximate surface area is 104 Å². The number of nitriles is 1. The number of benzene rings is 1. The first-order chi connectivity index (χ1) is 8.20. The van der Waals surface area contributed by atoms with Crippen molar-refractivity contribution in [3.05, 3.63) is 35.4 Å². The molecule has 1 aliphatic heterocycles. The smallest absolute Gasteiger partial charge is 0.123 e. The van der Waals surface area contributed by atoms with Gasteiger partial charge in [0, 0.05) is 0 Å². The number of nitrogens with zero attached hydrogens (tertiary/aromatic N) is 2. The maximum atomic E-state index is 9.40. The van der Waals surface area contributed by atoms with Crippen LogP contribution >= 0.6 is 0 Å². The predicted octanol–water partition coefficient (Wildman–Crippen LogP) is 3.29. The van der Waals surface area contributed by atoms with Crippen molar-refractivity contribution in [1.82, 2.24) is 4.90 Å². The summed E-state index contributed by atoms with van der Waals surface area (Å²) < 4.78 is 0. The molecule has 1 heterocycles. The van der Waals surface area contributed by atoms with E-state index >= 15 is 0 Å². The largest absolute Gasteiger partial charge is 0.284 e. The van der Waals surface area contributed by atoms with Gasteiger partial charge in [0.05, 0.1) is 6.07 Å². The Morgan fingerprint density at radius 3 is 2.65 bits per heavy atom. The second-order valence-electron chi connectivity index (χ2n) is 5.16. The zero-order valence-corrected chi connectivity index (χ0v) is 10.7. The maximum absolute atomic E-state index is 9.40. The SMILES string of the molecule is Cc1cccc(C(C#N)N2CCC(C)CC2)c1. The van der Waals surface area contributed by atoms with Crippen molar-refractivity contribution in [2.45, 2.75) is 32.7 Å². The van der Waals surface area contributed by atoms with Gasteiger partial charge in [-0.15, -0.1) is 0 Å². The van der Waals surface area contributed by atoms with Crippen molar-refractivity contribution in [3.8, 4) is 6.07 Å². The molecule has 2 heteroatoms. The van der Waals surface area contributed by atoms with Crippen molar-refractivity contribution in [2.75, 3.05) is 13.1 Å². The van der Waals surface area contributed by atoms with Crippen LogP contribution in [0.3, 0.4) is 0 Å². The van der Waals surface area contributed by atoms with Crippen molar-refractivity contribution < 1.29 is 0 Å². The van der Waals surface area contributed by atoms with E-state index in [0.717, 1.165) is 24.6 Å². The van der Waals surface area contributed by atoms with Crippen LogP contribution in [0.4, 0.5) is 0 Å². The first-order valence-electron chi connectivity index (χ1n) is 6.41. The van der Waals surface area contributed by atoms with Gasteiger partial charge >= 0.3 is 0 Å². The van der Waals surface area contributed by atoms with Gasteiger partial charge < -0.3 is 0 Å². The van der Waals surface area contributed by atoms with E-state index in [2.05, 4.69) is 43.0 Å². The van der Waals surface area contributed by atoms with Crippen LogP contribution in [-0.4, -0.2) is 18.0 Å². The molecule has 0 amide bonds. The molecular formula is C15H20N2. The van der Waals surface area contributed by atoms with Crippen LogP contribution in [-0.2, 0) is 0 Å². The van der Waals surface area contributed by atoms with E-state index in [1.54, 1.807) is 0 Å². The lowest BCUT2D eigenvalue weighted by atomic mass is 9.96. The second kappa shape index (κ2) is 5.33. The third-order valence-electron chi connectivity index (χ3n) is 3.66. The van der Waals surface area contributed by atoms with Crippen LogP contribution in [0.15, 0.2) is 24.3 Å². The summed E-state index contributed by atoms with van der Waals surface area (Å²) in [5.41, 5.74) is 2.37. The Balaban J connectivity index is 2.14. The molecule has 0 N–H and O–H groups in total. The topological polar surface area (TPSA) is 27.0 Å². The van der Waals surface area contributed by atoms with Crippen LogP contribution < -0.4 is 0 Å². The van der Waals surface area contributed by atoms with Crippen molar-refractivity contribution in [1.29, 1.82) is 5.26 Å². The molecule has 1 atom stereocenters. The Kier molecular flexibility index (Phi) is 3.81. The first kappa shape index (κ1) is 12.1. The molecule has 2 nitrogen and oxygen atoms in total. The summed E-state index contributed by atoms with van der Waals surface area (Å²) in [6.45, 7) is 6.47. The van der Waals surface area contributed by atoms with E-state index in [1.165, 1.54) is 18.4 Å². The number of likely N-dealkylation sites (tertiary alicyclic amines) is 1. The van der Waals surface area contributed by atoms with E-state index in [9.17, 15) is 5.26 Å².